The van der Waals surface area contributed by atoms with E-state index in [1.54, 1.807) is 12.1 Å². The molecule has 1 aliphatic rings. The van der Waals surface area contributed by atoms with Crippen LogP contribution in [0.25, 0.3) is 0 Å². The van der Waals surface area contributed by atoms with E-state index < -0.39 is 0 Å². The van der Waals surface area contributed by atoms with Gasteiger partial charge in [0.2, 0.25) is 0 Å². The van der Waals surface area contributed by atoms with Crippen LogP contribution in [0, 0.1) is 23.6 Å². The van der Waals surface area contributed by atoms with Gasteiger partial charge in [0.25, 0.3) is 0 Å². The highest BCUT2D eigenvalue weighted by molar-refractivity contribution is 5.34. The Labute approximate surface area is 104 Å². The minimum Gasteiger partial charge on any atom is -0.207 e. The second-order valence-corrected chi connectivity index (χ2v) is 6.06. The lowest BCUT2D eigenvalue weighted by molar-refractivity contribution is 0.236. The first-order valence-electron chi connectivity index (χ1n) is 6.79. The molecule has 2 rings (SSSR count). The third kappa shape index (κ3) is 2.38. The summed E-state index contributed by atoms with van der Waals surface area (Å²) in [5, 5.41) is 0. The topological polar surface area (TPSA) is 0 Å². The largest absolute Gasteiger partial charge is 0.207 e. The molecule has 0 fully saturated rings. The number of halogens is 1. The summed E-state index contributed by atoms with van der Waals surface area (Å²) >= 11 is 0. The predicted octanol–water partition coefficient (Wildman–Crippen LogP) is 4.78. The average molecular weight is 234 g/mol. The van der Waals surface area contributed by atoms with Gasteiger partial charge in [-0.15, -0.1) is 0 Å². The Morgan fingerprint density at radius 2 is 1.82 bits per heavy atom. The second-order valence-electron chi connectivity index (χ2n) is 6.06. The first-order valence-corrected chi connectivity index (χ1v) is 6.79. The molecule has 1 heteroatoms. The SMILES string of the molecule is CC(C)C1CCc2cc(F)ccc2C1C(C)C. The summed E-state index contributed by atoms with van der Waals surface area (Å²) in [6, 6.07) is 5.38. The molecule has 17 heavy (non-hydrogen) atoms. The van der Waals surface area contributed by atoms with Crippen molar-refractivity contribution in [3.8, 4) is 0 Å². The number of aryl methyl sites for hydroxylation is 1. The summed E-state index contributed by atoms with van der Waals surface area (Å²) in [6.45, 7) is 9.21. The predicted molar refractivity (Wildman–Crippen MR) is 70.6 cm³/mol. The van der Waals surface area contributed by atoms with Gasteiger partial charge in [0.15, 0.2) is 0 Å². The van der Waals surface area contributed by atoms with E-state index in [-0.39, 0.29) is 5.82 Å². The van der Waals surface area contributed by atoms with Crippen LogP contribution in [0.3, 0.4) is 0 Å². The van der Waals surface area contributed by atoms with Crippen LogP contribution in [0.4, 0.5) is 4.39 Å². The molecule has 0 radical (unpaired) electrons. The van der Waals surface area contributed by atoms with Crippen molar-refractivity contribution in [2.45, 2.75) is 46.5 Å². The molecule has 2 atom stereocenters. The van der Waals surface area contributed by atoms with Crippen molar-refractivity contribution >= 4 is 0 Å². The van der Waals surface area contributed by atoms with Crippen LogP contribution in [0.2, 0.25) is 0 Å². The quantitative estimate of drug-likeness (QED) is 0.690. The highest BCUT2D eigenvalue weighted by Crippen LogP contribution is 2.44. The normalized spacial score (nSPS) is 24.2. The first kappa shape index (κ1) is 12.6. The molecule has 1 aromatic rings. The Kier molecular flexibility index (Phi) is 3.56. The lowest BCUT2D eigenvalue weighted by Gasteiger charge is -2.38. The van der Waals surface area contributed by atoms with Crippen LogP contribution in [0.1, 0.15) is 51.2 Å². The summed E-state index contributed by atoms with van der Waals surface area (Å²) in [5.74, 6) is 2.59. The van der Waals surface area contributed by atoms with E-state index in [9.17, 15) is 4.39 Å². The van der Waals surface area contributed by atoms with Gasteiger partial charge in [-0.3, -0.25) is 0 Å². The van der Waals surface area contributed by atoms with Gasteiger partial charge in [-0.1, -0.05) is 33.8 Å². The van der Waals surface area contributed by atoms with Crippen LogP contribution in [0.15, 0.2) is 18.2 Å². The molecule has 1 aliphatic carbocycles. The summed E-state index contributed by atoms with van der Waals surface area (Å²) in [4.78, 5) is 0. The van der Waals surface area contributed by atoms with Gasteiger partial charge in [-0.25, -0.2) is 4.39 Å². The van der Waals surface area contributed by atoms with Gasteiger partial charge in [0, 0.05) is 0 Å². The van der Waals surface area contributed by atoms with E-state index in [1.165, 1.54) is 17.5 Å². The van der Waals surface area contributed by atoms with Crippen molar-refractivity contribution in [3.63, 3.8) is 0 Å². The molecule has 2 unspecified atom stereocenters. The number of benzene rings is 1. The summed E-state index contributed by atoms with van der Waals surface area (Å²) in [6.07, 6.45) is 2.25. The maximum Gasteiger partial charge on any atom is 0.123 e. The smallest absolute Gasteiger partial charge is 0.123 e. The molecule has 0 amide bonds. The van der Waals surface area contributed by atoms with Crippen molar-refractivity contribution < 1.29 is 4.39 Å². The lowest BCUT2D eigenvalue weighted by atomic mass is 9.66. The van der Waals surface area contributed by atoms with Gasteiger partial charge in [-0.05, 0) is 59.8 Å². The molecule has 94 valence electrons. The number of fused-ring (bicyclic) bond motifs is 1. The molecule has 0 aromatic heterocycles. The number of rotatable bonds is 2. The third-order valence-corrected chi connectivity index (χ3v) is 4.25. The Hall–Kier alpha value is -0.850. The van der Waals surface area contributed by atoms with Crippen molar-refractivity contribution in [1.29, 1.82) is 0 Å². The molecule has 0 saturated heterocycles. The standard InChI is InChI=1S/C16H23F/c1-10(2)14-7-5-12-9-13(17)6-8-15(12)16(14)11(3)4/h6,8-11,14,16H,5,7H2,1-4H3. The van der Waals surface area contributed by atoms with Crippen molar-refractivity contribution in [1.82, 2.24) is 0 Å². The fourth-order valence-corrected chi connectivity index (χ4v) is 3.45. The Bertz CT molecular complexity index is 393. The zero-order valence-electron chi connectivity index (χ0n) is 11.3. The first-order chi connectivity index (χ1) is 8.00. The van der Waals surface area contributed by atoms with E-state index >= 15 is 0 Å². The number of hydrogen-bond donors (Lipinski definition) is 0. The maximum absolute atomic E-state index is 13.3. The van der Waals surface area contributed by atoms with Crippen LogP contribution in [-0.4, -0.2) is 0 Å². The molecule has 0 N–H and O–H groups in total. The summed E-state index contributed by atoms with van der Waals surface area (Å²) < 4.78 is 13.3. The Balaban J connectivity index is 2.42. The molecule has 0 saturated carbocycles. The lowest BCUT2D eigenvalue weighted by Crippen LogP contribution is -2.28. The van der Waals surface area contributed by atoms with Crippen LogP contribution >= 0.6 is 0 Å². The molecule has 0 bridgehead atoms. The van der Waals surface area contributed by atoms with E-state index in [4.69, 9.17) is 0 Å². The molecule has 0 nitrogen and oxygen atoms in total. The van der Waals surface area contributed by atoms with Crippen LogP contribution < -0.4 is 0 Å². The molecule has 0 spiro atoms. The van der Waals surface area contributed by atoms with E-state index in [0.29, 0.717) is 17.8 Å². The van der Waals surface area contributed by atoms with Crippen LogP contribution in [0.5, 0.6) is 0 Å². The van der Waals surface area contributed by atoms with Gasteiger partial charge in [0.1, 0.15) is 5.82 Å². The van der Waals surface area contributed by atoms with E-state index in [0.717, 1.165) is 12.3 Å². The van der Waals surface area contributed by atoms with Gasteiger partial charge in [-0.2, -0.15) is 0 Å². The van der Waals surface area contributed by atoms with Gasteiger partial charge in [0.05, 0.1) is 0 Å². The van der Waals surface area contributed by atoms with Gasteiger partial charge >= 0.3 is 0 Å². The van der Waals surface area contributed by atoms with E-state index in [1.807, 2.05) is 6.07 Å². The molecular weight excluding hydrogens is 211 g/mol. The monoisotopic (exact) mass is 234 g/mol. The summed E-state index contributed by atoms with van der Waals surface area (Å²) in [5.41, 5.74) is 2.63. The average Bonchev–Trinajstić information content (AvgIpc) is 2.26. The zero-order valence-corrected chi connectivity index (χ0v) is 11.3. The number of hydrogen-bond acceptors (Lipinski definition) is 0. The van der Waals surface area contributed by atoms with Crippen LogP contribution in [-0.2, 0) is 6.42 Å². The van der Waals surface area contributed by atoms with Gasteiger partial charge < -0.3 is 0 Å². The maximum atomic E-state index is 13.3. The Morgan fingerprint density at radius 3 is 2.41 bits per heavy atom. The van der Waals surface area contributed by atoms with Crippen molar-refractivity contribution in [2.24, 2.45) is 17.8 Å². The minimum atomic E-state index is -0.0887. The van der Waals surface area contributed by atoms with E-state index in [2.05, 4.69) is 27.7 Å². The van der Waals surface area contributed by atoms with Crippen molar-refractivity contribution in [2.75, 3.05) is 0 Å². The Morgan fingerprint density at radius 1 is 1.12 bits per heavy atom. The summed E-state index contributed by atoms with van der Waals surface area (Å²) in [7, 11) is 0. The highest BCUT2D eigenvalue weighted by atomic mass is 19.1. The molecule has 0 aliphatic heterocycles. The second kappa shape index (κ2) is 4.80. The molecule has 1 aromatic carbocycles. The molecule has 0 heterocycles. The zero-order chi connectivity index (χ0) is 12.6. The highest BCUT2D eigenvalue weighted by Gasteiger charge is 2.33. The van der Waals surface area contributed by atoms with Crippen molar-refractivity contribution in [3.05, 3.63) is 35.1 Å². The fraction of sp³-hybridized carbons (Fsp3) is 0.625. The molecular formula is C16H23F. The minimum absolute atomic E-state index is 0.0887. The fourth-order valence-electron chi connectivity index (χ4n) is 3.45. The third-order valence-electron chi connectivity index (χ3n) is 4.25.